The number of fused-ring (bicyclic) bond motifs is 1. The standard InChI is InChI=1S/C16H17Cl2NOS/c1-9-4-2-3-5-12(9)19-16(20)15-14(18)11-7-6-10(17)8-13(11)21-15/h6-9,12H,2-5H2,1H3,(H,19,20)/t9-,12+/m1/s1. The number of rotatable bonds is 2. The Labute approximate surface area is 138 Å². The zero-order valence-corrected chi connectivity index (χ0v) is 14.1. The molecule has 0 aliphatic heterocycles. The van der Waals surface area contributed by atoms with E-state index in [1.807, 2.05) is 12.1 Å². The number of carbonyl (C=O) groups is 1. The molecule has 0 radical (unpaired) electrons. The molecule has 1 aromatic heterocycles. The van der Waals surface area contributed by atoms with Gasteiger partial charge in [0.2, 0.25) is 0 Å². The minimum absolute atomic E-state index is 0.0592. The third-order valence-corrected chi connectivity index (χ3v) is 6.12. The molecule has 1 N–H and O–H groups in total. The van der Waals surface area contributed by atoms with Crippen molar-refractivity contribution in [2.75, 3.05) is 0 Å². The van der Waals surface area contributed by atoms with Gasteiger partial charge < -0.3 is 5.32 Å². The summed E-state index contributed by atoms with van der Waals surface area (Å²) in [6.07, 6.45) is 4.68. The number of hydrogen-bond donors (Lipinski definition) is 1. The molecule has 0 saturated heterocycles. The van der Waals surface area contributed by atoms with E-state index in [9.17, 15) is 4.79 Å². The largest absolute Gasteiger partial charge is 0.348 e. The van der Waals surface area contributed by atoms with Gasteiger partial charge in [-0.25, -0.2) is 0 Å². The first-order chi connectivity index (χ1) is 10.1. The molecule has 1 fully saturated rings. The van der Waals surface area contributed by atoms with Crippen LogP contribution in [0.1, 0.15) is 42.3 Å². The highest BCUT2D eigenvalue weighted by Gasteiger charge is 2.25. The topological polar surface area (TPSA) is 29.1 Å². The first kappa shape index (κ1) is 15.1. The Morgan fingerprint density at radius 2 is 2.05 bits per heavy atom. The van der Waals surface area contributed by atoms with E-state index >= 15 is 0 Å². The molecule has 0 bridgehead atoms. The molecule has 2 aromatic rings. The van der Waals surface area contributed by atoms with Crippen LogP contribution in [0.25, 0.3) is 10.1 Å². The Kier molecular flexibility index (Phi) is 4.43. The van der Waals surface area contributed by atoms with Gasteiger partial charge >= 0.3 is 0 Å². The lowest BCUT2D eigenvalue weighted by Gasteiger charge is -2.29. The third-order valence-electron chi connectivity index (χ3n) is 4.23. The van der Waals surface area contributed by atoms with Crippen LogP contribution >= 0.6 is 34.5 Å². The van der Waals surface area contributed by atoms with Gasteiger partial charge in [0.05, 0.1) is 5.02 Å². The molecule has 3 rings (SSSR count). The molecule has 0 unspecified atom stereocenters. The minimum Gasteiger partial charge on any atom is -0.348 e. The highest BCUT2D eigenvalue weighted by atomic mass is 35.5. The van der Waals surface area contributed by atoms with Crippen LogP contribution in [0.2, 0.25) is 10.0 Å². The van der Waals surface area contributed by atoms with E-state index in [1.165, 1.54) is 30.6 Å². The average Bonchev–Trinajstić information content (AvgIpc) is 2.78. The van der Waals surface area contributed by atoms with Crippen molar-refractivity contribution < 1.29 is 4.79 Å². The van der Waals surface area contributed by atoms with Gasteiger partial charge in [0.1, 0.15) is 4.88 Å². The monoisotopic (exact) mass is 341 g/mol. The van der Waals surface area contributed by atoms with Gasteiger partial charge in [-0.15, -0.1) is 11.3 Å². The Hall–Kier alpha value is -0.770. The molecule has 0 spiro atoms. The van der Waals surface area contributed by atoms with Crippen LogP contribution in [-0.2, 0) is 0 Å². The second kappa shape index (κ2) is 6.15. The van der Waals surface area contributed by atoms with Gasteiger partial charge in [0, 0.05) is 21.2 Å². The first-order valence-electron chi connectivity index (χ1n) is 7.24. The van der Waals surface area contributed by atoms with Crippen LogP contribution in [0.4, 0.5) is 0 Å². The molecule has 1 aliphatic carbocycles. The van der Waals surface area contributed by atoms with E-state index in [0.29, 0.717) is 20.8 Å². The Morgan fingerprint density at radius 1 is 1.29 bits per heavy atom. The van der Waals surface area contributed by atoms with E-state index < -0.39 is 0 Å². The van der Waals surface area contributed by atoms with Gasteiger partial charge in [-0.3, -0.25) is 4.79 Å². The number of halogens is 2. The number of nitrogens with one attached hydrogen (secondary N) is 1. The fourth-order valence-corrected chi connectivity index (χ4v) is 4.65. The Balaban J connectivity index is 1.85. The van der Waals surface area contributed by atoms with Crippen molar-refractivity contribution in [3.63, 3.8) is 0 Å². The van der Waals surface area contributed by atoms with Crippen molar-refractivity contribution in [2.45, 2.75) is 38.6 Å². The molecule has 2 nitrogen and oxygen atoms in total. The van der Waals surface area contributed by atoms with Crippen LogP contribution in [0.15, 0.2) is 18.2 Å². The number of hydrogen-bond acceptors (Lipinski definition) is 2. The zero-order chi connectivity index (χ0) is 15.0. The zero-order valence-electron chi connectivity index (χ0n) is 11.8. The molecular formula is C16H17Cl2NOS. The average molecular weight is 342 g/mol. The number of thiophene rings is 1. The van der Waals surface area contributed by atoms with Crippen molar-refractivity contribution in [3.05, 3.63) is 33.1 Å². The van der Waals surface area contributed by atoms with Crippen molar-refractivity contribution in [1.29, 1.82) is 0 Å². The maximum atomic E-state index is 12.5. The molecule has 1 saturated carbocycles. The number of amides is 1. The first-order valence-corrected chi connectivity index (χ1v) is 8.82. The van der Waals surface area contributed by atoms with Crippen molar-refractivity contribution >= 4 is 50.5 Å². The van der Waals surface area contributed by atoms with Crippen LogP contribution in [0, 0.1) is 5.92 Å². The van der Waals surface area contributed by atoms with Crippen molar-refractivity contribution in [3.8, 4) is 0 Å². The third kappa shape index (κ3) is 3.05. The van der Waals surface area contributed by atoms with Gasteiger partial charge in [-0.2, -0.15) is 0 Å². The van der Waals surface area contributed by atoms with Gasteiger partial charge in [-0.1, -0.05) is 49.0 Å². The molecule has 112 valence electrons. The molecule has 5 heteroatoms. The minimum atomic E-state index is -0.0592. The lowest BCUT2D eigenvalue weighted by atomic mass is 9.86. The molecule has 1 amide bonds. The van der Waals surface area contributed by atoms with E-state index in [1.54, 1.807) is 6.07 Å². The second-order valence-corrected chi connectivity index (χ2v) is 7.59. The van der Waals surface area contributed by atoms with E-state index in [0.717, 1.165) is 16.5 Å². The fraction of sp³-hybridized carbons (Fsp3) is 0.438. The summed E-state index contributed by atoms with van der Waals surface area (Å²) in [4.78, 5) is 13.1. The SMILES string of the molecule is C[C@@H]1CCCC[C@@H]1NC(=O)c1sc2cc(Cl)ccc2c1Cl. The Morgan fingerprint density at radius 3 is 2.81 bits per heavy atom. The normalized spacial score (nSPS) is 22.4. The van der Waals surface area contributed by atoms with Gasteiger partial charge in [0.15, 0.2) is 0 Å². The summed E-state index contributed by atoms with van der Waals surface area (Å²) in [6.45, 7) is 2.20. The molecule has 1 aliphatic rings. The van der Waals surface area contributed by atoms with E-state index in [2.05, 4.69) is 12.2 Å². The van der Waals surface area contributed by atoms with Crippen LogP contribution < -0.4 is 5.32 Å². The summed E-state index contributed by atoms with van der Waals surface area (Å²) in [5.74, 6) is 0.473. The molecular weight excluding hydrogens is 325 g/mol. The highest BCUT2D eigenvalue weighted by molar-refractivity contribution is 7.21. The lowest BCUT2D eigenvalue weighted by molar-refractivity contribution is 0.0914. The Bertz CT molecular complexity index is 682. The van der Waals surface area contributed by atoms with Crippen LogP contribution in [-0.4, -0.2) is 11.9 Å². The summed E-state index contributed by atoms with van der Waals surface area (Å²) >= 11 is 13.8. The fourth-order valence-electron chi connectivity index (χ4n) is 2.95. The molecule has 2 atom stereocenters. The molecule has 1 aromatic carbocycles. The summed E-state index contributed by atoms with van der Waals surface area (Å²) < 4.78 is 0.953. The predicted octanol–water partition coefficient (Wildman–Crippen LogP) is 5.52. The smallest absolute Gasteiger partial charge is 0.263 e. The number of benzene rings is 1. The highest BCUT2D eigenvalue weighted by Crippen LogP contribution is 2.37. The van der Waals surface area contributed by atoms with Crippen LogP contribution in [0.3, 0.4) is 0 Å². The summed E-state index contributed by atoms with van der Waals surface area (Å²) in [7, 11) is 0. The van der Waals surface area contributed by atoms with Crippen molar-refractivity contribution in [2.24, 2.45) is 5.92 Å². The van der Waals surface area contributed by atoms with Crippen molar-refractivity contribution in [1.82, 2.24) is 5.32 Å². The predicted molar refractivity (Wildman–Crippen MR) is 90.7 cm³/mol. The van der Waals surface area contributed by atoms with E-state index in [-0.39, 0.29) is 11.9 Å². The summed E-state index contributed by atoms with van der Waals surface area (Å²) in [5, 5.41) is 5.25. The molecule has 21 heavy (non-hydrogen) atoms. The maximum absolute atomic E-state index is 12.5. The van der Waals surface area contributed by atoms with Gasteiger partial charge in [0.25, 0.3) is 5.91 Å². The number of carbonyl (C=O) groups excluding carboxylic acids is 1. The van der Waals surface area contributed by atoms with Crippen LogP contribution in [0.5, 0.6) is 0 Å². The summed E-state index contributed by atoms with van der Waals surface area (Å²) in [5.41, 5.74) is 0. The lowest BCUT2D eigenvalue weighted by Crippen LogP contribution is -2.40. The quantitative estimate of drug-likeness (QED) is 0.765. The van der Waals surface area contributed by atoms with Gasteiger partial charge in [-0.05, 0) is 30.9 Å². The maximum Gasteiger partial charge on any atom is 0.263 e. The summed E-state index contributed by atoms with van der Waals surface area (Å²) in [6, 6.07) is 5.79. The molecule has 1 heterocycles. The second-order valence-electron chi connectivity index (χ2n) is 5.73. The van der Waals surface area contributed by atoms with E-state index in [4.69, 9.17) is 23.2 Å².